The van der Waals surface area contributed by atoms with Gasteiger partial charge in [-0.1, -0.05) is 18.2 Å². The molecule has 1 aliphatic heterocycles. The Labute approximate surface area is 130 Å². The summed E-state index contributed by atoms with van der Waals surface area (Å²) >= 11 is 0. The highest BCUT2D eigenvalue weighted by Crippen LogP contribution is 2.25. The first-order chi connectivity index (χ1) is 10.7. The van der Waals surface area contributed by atoms with E-state index in [1.54, 1.807) is 0 Å². The van der Waals surface area contributed by atoms with Crippen LogP contribution in [0.2, 0.25) is 0 Å². The summed E-state index contributed by atoms with van der Waals surface area (Å²) in [4.78, 5) is 4.34. The van der Waals surface area contributed by atoms with Crippen LogP contribution in [-0.4, -0.2) is 31.8 Å². The van der Waals surface area contributed by atoms with Crippen molar-refractivity contribution < 1.29 is 9.15 Å². The van der Waals surface area contributed by atoms with Gasteiger partial charge in [-0.05, 0) is 32.3 Å². The van der Waals surface area contributed by atoms with Gasteiger partial charge in [0.1, 0.15) is 11.3 Å². The van der Waals surface area contributed by atoms with Crippen molar-refractivity contribution in [2.75, 3.05) is 19.7 Å². The van der Waals surface area contributed by atoms with Crippen LogP contribution in [0, 0.1) is 6.92 Å². The number of nitrogens with two attached hydrogens (primary N) is 1. The molecule has 1 atom stereocenters. The standard InChI is InChI=1S/C17H23N3O2/c1-12-14(15-6-2-3-7-16(15)22-12)8-9-19-17(18)20-11-13-5-4-10-21-13/h2-3,6-7,13H,4-5,8-11H2,1H3,(H3,18,19,20). The van der Waals surface area contributed by atoms with Gasteiger partial charge in [-0.2, -0.15) is 0 Å². The van der Waals surface area contributed by atoms with Crippen molar-refractivity contribution in [3.05, 3.63) is 35.6 Å². The maximum Gasteiger partial charge on any atom is 0.188 e. The van der Waals surface area contributed by atoms with Gasteiger partial charge in [0.15, 0.2) is 5.96 Å². The van der Waals surface area contributed by atoms with E-state index in [0.717, 1.165) is 43.8 Å². The molecule has 0 radical (unpaired) electrons. The largest absolute Gasteiger partial charge is 0.461 e. The predicted molar refractivity (Wildman–Crippen MR) is 88.1 cm³/mol. The fourth-order valence-electron chi connectivity index (χ4n) is 2.89. The molecule has 0 spiro atoms. The van der Waals surface area contributed by atoms with Crippen molar-refractivity contribution in [3.8, 4) is 0 Å². The van der Waals surface area contributed by atoms with Crippen molar-refractivity contribution in [1.82, 2.24) is 5.32 Å². The minimum absolute atomic E-state index is 0.236. The summed E-state index contributed by atoms with van der Waals surface area (Å²) in [6.07, 6.45) is 3.30. The highest BCUT2D eigenvalue weighted by Gasteiger charge is 2.14. The molecule has 5 heteroatoms. The Hall–Kier alpha value is -2.01. The molecule has 3 rings (SSSR count). The van der Waals surface area contributed by atoms with E-state index in [9.17, 15) is 0 Å². The van der Waals surface area contributed by atoms with Crippen molar-refractivity contribution in [3.63, 3.8) is 0 Å². The third-order valence-corrected chi connectivity index (χ3v) is 4.07. The molecule has 22 heavy (non-hydrogen) atoms. The number of benzene rings is 1. The smallest absolute Gasteiger partial charge is 0.188 e. The zero-order valence-corrected chi connectivity index (χ0v) is 13.0. The van der Waals surface area contributed by atoms with Crippen LogP contribution in [0.3, 0.4) is 0 Å². The molecule has 118 valence electrons. The van der Waals surface area contributed by atoms with Gasteiger partial charge in [-0.3, -0.25) is 4.99 Å². The summed E-state index contributed by atoms with van der Waals surface area (Å²) in [5.41, 5.74) is 8.07. The van der Waals surface area contributed by atoms with Crippen molar-refractivity contribution in [1.29, 1.82) is 0 Å². The van der Waals surface area contributed by atoms with E-state index < -0.39 is 0 Å². The number of nitrogens with one attached hydrogen (secondary N) is 1. The van der Waals surface area contributed by atoms with Gasteiger partial charge >= 0.3 is 0 Å². The molecule has 1 fully saturated rings. The molecule has 0 aliphatic carbocycles. The van der Waals surface area contributed by atoms with Crippen LogP contribution in [-0.2, 0) is 11.2 Å². The first kappa shape index (κ1) is 14.9. The molecular weight excluding hydrogens is 278 g/mol. The Morgan fingerprint density at radius 3 is 3.09 bits per heavy atom. The molecule has 0 saturated carbocycles. The predicted octanol–water partition coefficient (Wildman–Crippen LogP) is 2.37. The summed E-state index contributed by atoms with van der Waals surface area (Å²) < 4.78 is 11.3. The van der Waals surface area contributed by atoms with E-state index in [0.29, 0.717) is 12.5 Å². The van der Waals surface area contributed by atoms with Crippen LogP contribution in [0.4, 0.5) is 0 Å². The summed E-state index contributed by atoms with van der Waals surface area (Å²) in [6.45, 7) is 4.24. The summed E-state index contributed by atoms with van der Waals surface area (Å²) in [7, 11) is 0. The number of aryl methyl sites for hydroxylation is 1. The van der Waals surface area contributed by atoms with Gasteiger partial charge < -0.3 is 20.2 Å². The number of hydrogen-bond donors (Lipinski definition) is 2. The van der Waals surface area contributed by atoms with Crippen molar-refractivity contribution in [2.45, 2.75) is 32.3 Å². The summed E-state index contributed by atoms with van der Waals surface area (Å²) in [6, 6.07) is 8.11. The molecule has 1 unspecified atom stereocenters. The zero-order chi connectivity index (χ0) is 15.4. The fraction of sp³-hybridized carbons (Fsp3) is 0.471. The minimum atomic E-state index is 0.236. The fourth-order valence-corrected chi connectivity index (χ4v) is 2.89. The minimum Gasteiger partial charge on any atom is -0.461 e. The number of guanidine groups is 1. The number of furan rings is 1. The van der Waals surface area contributed by atoms with Crippen LogP contribution in [0.25, 0.3) is 11.0 Å². The number of hydrogen-bond acceptors (Lipinski definition) is 3. The second-order valence-corrected chi connectivity index (χ2v) is 5.67. The molecule has 1 saturated heterocycles. The van der Waals surface area contributed by atoms with Gasteiger partial charge in [0.05, 0.1) is 12.6 Å². The molecule has 0 bridgehead atoms. The van der Waals surface area contributed by atoms with E-state index in [1.165, 1.54) is 10.9 Å². The van der Waals surface area contributed by atoms with Crippen molar-refractivity contribution >= 4 is 16.9 Å². The quantitative estimate of drug-likeness (QED) is 0.657. The third-order valence-electron chi connectivity index (χ3n) is 4.07. The third kappa shape index (κ3) is 3.42. The Kier molecular flexibility index (Phi) is 4.63. The van der Waals surface area contributed by atoms with E-state index in [2.05, 4.69) is 16.4 Å². The monoisotopic (exact) mass is 301 g/mol. The highest BCUT2D eigenvalue weighted by molar-refractivity contribution is 5.82. The first-order valence-corrected chi connectivity index (χ1v) is 7.86. The number of nitrogens with zero attached hydrogens (tertiary/aromatic N) is 1. The maximum atomic E-state index is 5.90. The second-order valence-electron chi connectivity index (χ2n) is 5.67. The van der Waals surface area contributed by atoms with E-state index >= 15 is 0 Å². The van der Waals surface area contributed by atoms with Crippen LogP contribution >= 0.6 is 0 Å². The number of ether oxygens (including phenoxy) is 1. The Morgan fingerprint density at radius 2 is 2.27 bits per heavy atom. The lowest BCUT2D eigenvalue weighted by molar-refractivity contribution is 0.118. The van der Waals surface area contributed by atoms with Gasteiger partial charge in [-0.25, -0.2) is 0 Å². The van der Waals surface area contributed by atoms with E-state index in [-0.39, 0.29) is 6.10 Å². The number of aliphatic imine (C=N–C) groups is 1. The van der Waals surface area contributed by atoms with Gasteiger partial charge in [0.2, 0.25) is 0 Å². The van der Waals surface area contributed by atoms with Crippen LogP contribution < -0.4 is 11.1 Å². The lowest BCUT2D eigenvalue weighted by atomic mass is 10.1. The van der Waals surface area contributed by atoms with Crippen LogP contribution in [0.1, 0.15) is 24.2 Å². The van der Waals surface area contributed by atoms with Crippen LogP contribution in [0.15, 0.2) is 33.7 Å². The second kappa shape index (κ2) is 6.83. The van der Waals surface area contributed by atoms with E-state index in [4.69, 9.17) is 14.9 Å². The van der Waals surface area contributed by atoms with Gasteiger partial charge in [-0.15, -0.1) is 0 Å². The van der Waals surface area contributed by atoms with Gasteiger partial charge in [0.25, 0.3) is 0 Å². The Balaban J connectivity index is 1.53. The average molecular weight is 301 g/mol. The van der Waals surface area contributed by atoms with Gasteiger partial charge in [0, 0.05) is 24.1 Å². The van der Waals surface area contributed by atoms with E-state index in [1.807, 2.05) is 25.1 Å². The zero-order valence-electron chi connectivity index (χ0n) is 13.0. The summed E-state index contributed by atoms with van der Waals surface area (Å²) in [5, 5.41) is 4.34. The lowest BCUT2D eigenvalue weighted by Gasteiger charge is -2.08. The maximum absolute atomic E-state index is 5.90. The molecule has 3 N–H and O–H groups in total. The molecule has 0 amide bonds. The lowest BCUT2D eigenvalue weighted by Crippen LogP contribution is -2.34. The molecular formula is C17H23N3O2. The first-order valence-electron chi connectivity index (χ1n) is 7.86. The number of para-hydroxylation sites is 1. The SMILES string of the molecule is Cc1oc2ccccc2c1CCNC(N)=NCC1CCCO1. The molecule has 1 aromatic heterocycles. The molecule has 1 aliphatic rings. The Bertz CT molecular complexity index is 657. The van der Waals surface area contributed by atoms with Crippen LogP contribution in [0.5, 0.6) is 0 Å². The summed E-state index contributed by atoms with van der Waals surface area (Å²) in [5.74, 6) is 1.46. The molecule has 5 nitrogen and oxygen atoms in total. The number of fused-ring (bicyclic) bond motifs is 1. The number of rotatable bonds is 5. The van der Waals surface area contributed by atoms with Crippen molar-refractivity contribution in [2.24, 2.45) is 10.7 Å². The Morgan fingerprint density at radius 1 is 1.41 bits per heavy atom. The molecule has 1 aromatic carbocycles. The molecule has 2 heterocycles. The molecule has 2 aromatic rings. The normalized spacial score (nSPS) is 19.0. The topological polar surface area (TPSA) is 72.8 Å². The average Bonchev–Trinajstić information content (AvgIpc) is 3.13. The highest BCUT2D eigenvalue weighted by atomic mass is 16.5.